The first kappa shape index (κ1) is 20.0. The Balaban J connectivity index is 2.92. The van der Waals surface area contributed by atoms with E-state index in [0.29, 0.717) is 5.57 Å². The summed E-state index contributed by atoms with van der Waals surface area (Å²) in [6.07, 6.45) is 3.40. The van der Waals surface area contributed by atoms with Crippen molar-refractivity contribution in [3.8, 4) is 0 Å². The molecule has 24 heavy (non-hydrogen) atoms. The minimum atomic E-state index is -1.43. The van der Waals surface area contributed by atoms with Crippen molar-refractivity contribution in [1.82, 2.24) is 5.32 Å². The van der Waals surface area contributed by atoms with Crippen LogP contribution in [0.5, 0.6) is 0 Å². The summed E-state index contributed by atoms with van der Waals surface area (Å²) < 4.78 is 5.24. The number of alkyl halides is 1. The van der Waals surface area contributed by atoms with Gasteiger partial charge in [0.05, 0.1) is 11.5 Å². The second kappa shape index (κ2) is 9.29. The predicted octanol–water partition coefficient (Wildman–Crippen LogP) is 0.970. The Labute approximate surface area is 145 Å². The number of nitrogens with one attached hydrogen (secondary N) is 1. The van der Waals surface area contributed by atoms with Crippen LogP contribution in [0.3, 0.4) is 0 Å². The first-order chi connectivity index (χ1) is 11.3. The van der Waals surface area contributed by atoms with Crippen molar-refractivity contribution in [2.75, 3.05) is 5.88 Å². The van der Waals surface area contributed by atoms with E-state index in [0.717, 1.165) is 0 Å². The number of aliphatic carboxylic acids is 1. The van der Waals surface area contributed by atoms with E-state index in [1.54, 1.807) is 12.2 Å². The number of ketones is 1. The molecule has 0 bridgehead atoms. The number of rotatable bonds is 8. The average molecular weight is 356 g/mol. The van der Waals surface area contributed by atoms with Crippen molar-refractivity contribution in [2.24, 2.45) is 0 Å². The maximum absolute atomic E-state index is 11.8. The molecule has 0 saturated carbocycles. The zero-order valence-electron chi connectivity index (χ0n) is 13.3. The van der Waals surface area contributed by atoms with Crippen molar-refractivity contribution in [3.63, 3.8) is 0 Å². The molecule has 1 aliphatic rings. The fourth-order valence-corrected chi connectivity index (χ4v) is 2.18. The molecule has 1 amide bonds. The van der Waals surface area contributed by atoms with Gasteiger partial charge in [0.25, 0.3) is 0 Å². The van der Waals surface area contributed by atoms with Crippen LogP contribution < -0.4 is 5.32 Å². The van der Waals surface area contributed by atoms with Crippen LogP contribution in [0.15, 0.2) is 35.6 Å². The van der Waals surface area contributed by atoms with E-state index in [1.165, 1.54) is 6.92 Å². The molecule has 0 aromatic carbocycles. The molecule has 0 aromatic rings. The highest BCUT2D eigenvalue weighted by Crippen LogP contribution is 2.27. The van der Waals surface area contributed by atoms with Crippen LogP contribution in [0, 0.1) is 0 Å². The summed E-state index contributed by atoms with van der Waals surface area (Å²) in [7, 11) is -1.43. The number of Topliss-reactive ketones (excluding diaryl/α,β-unsaturated/α-hetero) is 1. The predicted molar refractivity (Wildman–Crippen MR) is 89.2 cm³/mol. The lowest BCUT2D eigenvalue weighted by atomic mass is 9.72. The normalized spacial score (nSPS) is 17.6. The Bertz CT molecular complexity index is 601. The van der Waals surface area contributed by atoms with Gasteiger partial charge in [-0.15, -0.1) is 11.6 Å². The highest BCUT2D eigenvalue weighted by molar-refractivity contribution is 6.46. The molecule has 3 N–H and O–H groups in total. The second-order valence-electron chi connectivity index (χ2n) is 5.28. The van der Waals surface area contributed by atoms with Crippen molar-refractivity contribution >= 4 is 36.4 Å². The second-order valence-corrected chi connectivity index (χ2v) is 5.59. The van der Waals surface area contributed by atoms with Crippen molar-refractivity contribution in [1.29, 1.82) is 0 Å². The number of hydrogen-bond acceptors (Lipinski definition) is 5. The van der Waals surface area contributed by atoms with Crippen LogP contribution in [-0.4, -0.2) is 46.7 Å². The third-order valence-electron chi connectivity index (χ3n) is 3.31. The lowest BCUT2D eigenvalue weighted by molar-refractivity contribution is -0.132. The number of allylic oxidation sites excluding steroid dienone is 2. The van der Waals surface area contributed by atoms with Gasteiger partial charge in [-0.1, -0.05) is 18.7 Å². The van der Waals surface area contributed by atoms with Gasteiger partial charge in [0.2, 0.25) is 5.91 Å². The standard InChI is InChI=1S/C15H19BClNO6/c1-9(19)5-6-13(20)18-12-8-11(4-3-7-17)14(24-16(12)23)10(2)15(21)22/h3-4,12,23H,2,5-8H2,1H3,(H,18,20)(H,21,22)/b4-3-/t12-/m0/s1. The zero-order chi connectivity index (χ0) is 18.3. The molecule has 0 saturated heterocycles. The van der Waals surface area contributed by atoms with Gasteiger partial charge in [-0.2, -0.15) is 0 Å². The van der Waals surface area contributed by atoms with Crippen LogP contribution in [0.25, 0.3) is 0 Å². The highest BCUT2D eigenvalue weighted by atomic mass is 35.5. The zero-order valence-corrected chi connectivity index (χ0v) is 14.0. The molecule has 0 unspecified atom stereocenters. The molecule has 1 aliphatic heterocycles. The summed E-state index contributed by atoms with van der Waals surface area (Å²) >= 11 is 5.59. The number of carbonyl (C=O) groups excluding carboxylic acids is 2. The van der Waals surface area contributed by atoms with Gasteiger partial charge >= 0.3 is 13.1 Å². The molecular weight excluding hydrogens is 336 g/mol. The number of carbonyl (C=O) groups is 3. The Kier molecular flexibility index (Phi) is 7.74. The number of amides is 1. The first-order valence-electron chi connectivity index (χ1n) is 7.28. The van der Waals surface area contributed by atoms with Gasteiger partial charge in [0, 0.05) is 18.7 Å². The molecule has 130 valence electrons. The Morgan fingerprint density at radius 2 is 2.12 bits per heavy atom. The number of carboxylic acid groups (broad SMARTS) is 1. The van der Waals surface area contributed by atoms with E-state index < -0.39 is 24.9 Å². The smallest absolute Gasteiger partial charge is 0.534 e. The van der Waals surface area contributed by atoms with Crippen LogP contribution >= 0.6 is 11.6 Å². The van der Waals surface area contributed by atoms with E-state index in [9.17, 15) is 19.4 Å². The van der Waals surface area contributed by atoms with Gasteiger partial charge in [-0.05, 0) is 18.9 Å². The monoisotopic (exact) mass is 355 g/mol. The summed E-state index contributed by atoms with van der Waals surface area (Å²) in [5.41, 5.74) is 0.148. The van der Waals surface area contributed by atoms with Crippen LogP contribution in [0.1, 0.15) is 26.2 Å². The van der Waals surface area contributed by atoms with Gasteiger partial charge in [-0.3, -0.25) is 4.79 Å². The molecule has 0 fully saturated rings. The minimum Gasteiger partial charge on any atom is -0.534 e. The third kappa shape index (κ3) is 5.86. The molecule has 0 spiro atoms. The largest absolute Gasteiger partial charge is 0.547 e. The van der Waals surface area contributed by atoms with Crippen molar-refractivity contribution in [2.45, 2.75) is 32.1 Å². The van der Waals surface area contributed by atoms with Gasteiger partial charge in [-0.25, -0.2) is 4.79 Å². The van der Waals surface area contributed by atoms with E-state index >= 15 is 0 Å². The van der Waals surface area contributed by atoms with E-state index in [4.69, 9.17) is 21.4 Å². The van der Waals surface area contributed by atoms with Gasteiger partial charge in [0.1, 0.15) is 11.5 Å². The lowest BCUT2D eigenvalue weighted by Crippen LogP contribution is -2.50. The van der Waals surface area contributed by atoms with E-state index in [-0.39, 0.29) is 42.3 Å². The maximum Gasteiger partial charge on any atom is 0.547 e. The molecule has 1 heterocycles. The molecule has 0 aliphatic carbocycles. The quantitative estimate of drug-likeness (QED) is 0.340. The fourth-order valence-electron chi connectivity index (χ4n) is 2.09. The molecule has 0 radical (unpaired) electrons. The molecule has 1 rings (SSSR count). The van der Waals surface area contributed by atoms with Crippen molar-refractivity contribution < 1.29 is 29.2 Å². The van der Waals surface area contributed by atoms with E-state index in [2.05, 4.69) is 11.9 Å². The average Bonchev–Trinajstić information content (AvgIpc) is 2.52. The summed E-state index contributed by atoms with van der Waals surface area (Å²) in [6.45, 7) is 4.80. The summed E-state index contributed by atoms with van der Waals surface area (Å²) in [5.74, 6) is -2.42. The molecule has 9 heteroatoms. The summed E-state index contributed by atoms with van der Waals surface area (Å²) in [4.78, 5) is 33.8. The van der Waals surface area contributed by atoms with Gasteiger partial charge < -0.3 is 24.9 Å². The molecule has 7 nitrogen and oxygen atoms in total. The topological polar surface area (TPSA) is 113 Å². The molecular formula is C15H19BClNO6. The molecule has 0 aromatic heterocycles. The third-order valence-corrected chi connectivity index (χ3v) is 3.48. The number of halogens is 1. The number of hydrogen-bond donors (Lipinski definition) is 3. The fraction of sp³-hybridized carbons (Fsp3) is 0.400. The Morgan fingerprint density at radius 3 is 2.67 bits per heavy atom. The minimum absolute atomic E-state index is 0.00378. The Hall–Kier alpha value is -2.06. The molecule has 1 atom stereocenters. The summed E-state index contributed by atoms with van der Waals surface area (Å²) in [6, 6.07) is 0. The van der Waals surface area contributed by atoms with Crippen LogP contribution in [0.2, 0.25) is 0 Å². The summed E-state index contributed by atoms with van der Waals surface area (Å²) in [5, 5.41) is 21.6. The first-order valence-corrected chi connectivity index (χ1v) is 7.81. The lowest BCUT2D eigenvalue weighted by Gasteiger charge is -2.29. The highest BCUT2D eigenvalue weighted by Gasteiger charge is 2.38. The SMILES string of the molecule is C=C(C(=O)O)C1=C(/C=C\CCl)C[C@H](NC(=O)CCC(C)=O)B(O)O1. The Morgan fingerprint density at radius 1 is 1.46 bits per heavy atom. The number of carboxylic acids is 1. The van der Waals surface area contributed by atoms with E-state index in [1.807, 2.05) is 0 Å². The van der Waals surface area contributed by atoms with Crippen LogP contribution in [-0.2, 0) is 19.0 Å². The van der Waals surface area contributed by atoms with Gasteiger partial charge in [0.15, 0.2) is 0 Å². The van der Waals surface area contributed by atoms with Crippen molar-refractivity contribution in [3.05, 3.63) is 35.6 Å². The maximum atomic E-state index is 11.8. The van der Waals surface area contributed by atoms with Crippen LogP contribution in [0.4, 0.5) is 0 Å².